The minimum atomic E-state index is -0.294. The molecule has 5 heteroatoms. The normalized spacial score (nSPS) is 12.3. The van der Waals surface area contributed by atoms with Crippen molar-refractivity contribution in [2.24, 2.45) is 5.92 Å². The molecular weight excluding hydrogens is 210 g/mol. The predicted molar refractivity (Wildman–Crippen MR) is 59.9 cm³/mol. The van der Waals surface area contributed by atoms with E-state index in [1.54, 1.807) is 13.8 Å². The van der Waals surface area contributed by atoms with Crippen molar-refractivity contribution in [3.05, 3.63) is 0 Å². The number of ether oxygens (including phenoxy) is 2. The molecule has 0 fully saturated rings. The molecule has 0 aliphatic carbocycles. The third kappa shape index (κ3) is 5.70. The summed E-state index contributed by atoms with van der Waals surface area (Å²) >= 11 is 0. The number of carbonyl (C=O) groups is 2. The Balaban J connectivity index is 4.10. The summed E-state index contributed by atoms with van der Waals surface area (Å²) in [6, 6.07) is 0. The van der Waals surface area contributed by atoms with E-state index in [0.29, 0.717) is 19.7 Å². The molecule has 0 rings (SSSR count). The lowest BCUT2D eigenvalue weighted by molar-refractivity contribution is -0.149. The molecule has 0 saturated heterocycles. The molecule has 0 heterocycles. The van der Waals surface area contributed by atoms with E-state index in [4.69, 9.17) is 4.74 Å². The van der Waals surface area contributed by atoms with Gasteiger partial charge >= 0.3 is 11.9 Å². The van der Waals surface area contributed by atoms with E-state index in [2.05, 4.69) is 4.74 Å². The molecule has 0 aromatic carbocycles. The molecule has 0 aromatic heterocycles. The topological polar surface area (TPSA) is 55.8 Å². The Labute approximate surface area is 96.7 Å². The molecule has 1 unspecified atom stereocenters. The monoisotopic (exact) mass is 231 g/mol. The van der Waals surface area contributed by atoms with Gasteiger partial charge in [-0.2, -0.15) is 0 Å². The van der Waals surface area contributed by atoms with Crippen LogP contribution in [-0.4, -0.2) is 50.2 Å². The number of likely N-dealkylation sites (N-methyl/N-ethyl adjacent to an activating group) is 1. The maximum atomic E-state index is 11.4. The van der Waals surface area contributed by atoms with E-state index in [-0.39, 0.29) is 24.4 Å². The fraction of sp³-hybridized carbons (Fsp3) is 0.818. The van der Waals surface area contributed by atoms with E-state index >= 15 is 0 Å². The van der Waals surface area contributed by atoms with Gasteiger partial charge in [0.2, 0.25) is 0 Å². The van der Waals surface area contributed by atoms with Crippen LogP contribution in [-0.2, 0) is 19.1 Å². The van der Waals surface area contributed by atoms with E-state index in [1.165, 1.54) is 7.11 Å². The van der Waals surface area contributed by atoms with Crippen molar-refractivity contribution in [2.75, 3.05) is 33.4 Å². The molecule has 0 radical (unpaired) electrons. The SMILES string of the molecule is CCOC(=O)C(C)CN(CC)CC(=O)OC. The van der Waals surface area contributed by atoms with E-state index < -0.39 is 0 Å². The Morgan fingerprint density at radius 1 is 1.31 bits per heavy atom. The lowest BCUT2D eigenvalue weighted by atomic mass is 10.1. The van der Waals surface area contributed by atoms with Gasteiger partial charge in [0.05, 0.1) is 26.2 Å². The average molecular weight is 231 g/mol. The number of rotatable bonds is 7. The standard InChI is InChI=1S/C11H21NO4/c1-5-12(8-10(13)15-4)7-9(3)11(14)16-6-2/h9H,5-8H2,1-4H3. The molecule has 0 aromatic rings. The highest BCUT2D eigenvalue weighted by atomic mass is 16.5. The Morgan fingerprint density at radius 2 is 1.94 bits per heavy atom. The zero-order valence-corrected chi connectivity index (χ0v) is 10.5. The summed E-state index contributed by atoms with van der Waals surface area (Å²) in [5.41, 5.74) is 0. The van der Waals surface area contributed by atoms with Gasteiger partial charge in [0.1, 0.15) is 0 Å². The summed E-state index contributed by atoms with van der Waals surface area (Å²) in [6.45, 7) is 7.28. The van der Waals surface area contributed by atoms with Crippen LogP contribution in [0, 0.1) is 5.92 Å². The van der Waals surface area contributed by atoms with Crippen LogP contribution in [0.3, 0.4) is 0 Å². The van der Waals surface area contributed by atoms with Gasteiger partial charge in [-0.05, 0) is 13.5 Å². The first-order valence-corrected chi connectivity index (χ1v) is 5.50. The van der Waals surface area contributed by atoms with Gasteiger partial charge in [-0.15, -0.1) is 0 Å². The fourth-order valence-electron chi connectivity index (χ4n) is 1.30. The highest BCUT2D eigenvalue weighted by Crippen LogP contribution is 2.03. The summed E-state index contributed by atoms with van der Waals surface area (Å²) in [7, 11) is 1.35. The molecule has 5 nitrogen and oxygen atoms in total. The van der Waals surface area contributed by atoms with Crippen LogP contribution in [0.5, 0.6) is 0 Å². The van der Waals surface area contributed by atoms with Gasteiger partial charge in [-0.1, -0.05) is 13.8 Å². The number of methoxy groups -OCH3 is 1. The molecule has 94 valence electrons. The van der Waals surface area contributed by atoms with Crippen LogP contribution in [0.15, 0.2) is 0 Å². The van der Waals surface area contributed by atoms with Crippen molar-refractivity contribution >= 4 is 11.9 Å². The average Bonchev–Trinajstić information content (AvgIpc) is 2.27. The minimum absolute atomic E-state index is 0.205. The van der Waals surface area contributed by atoms with Crippen LogP contribution in [0.1, 0.15) is 20.8 Å². The lowest BCUT2D eigenvalue weighted by Crippen LogP contribution is -2.36. The van der Waals surface area contributed by atoms with Gasteiger partial charge in [0, 0.05) is 6.54 Å². The van der Waals surface area contributed by atoms with E-state index in [0.717, 1.165) is 0 Å². The van der Waals surface area contributed by atoms with Gasteiger partial charge < -0.3 is 9.47 Å². The zero-order chi connectivity index (χ0) is 12.6. The molecule has 0 amide bonds. The second kappa shape index (κ2) is 8.10. The lowest BCUT2D eigenvalue weighted by Gasteiger charge is -2.21. The highest BCUT2D eigenvalue weighted by molar-refractivity contribution is 5.73. The minimum Gasteiger partial charge on any atom is -0.468 e. The highest BCUT2D eigenvalue weighted by Gasteiger charge is 2.18. The Hall–Kier alpha value is -1.10. The van der Waals surface area contributed by atoms with Crippen LogP contribution in [0.25, 0.3) is 0 Å². The van der Waals surface area contributed by atoms with Gasteiger partial charge in [-0.3, -0.25) is 14.5 Å². The maximum absolute atomic E-state index is 11.4. The summed E-state index contributed by atoms with van der Waals surface area (Å²) in [5, 5.41) is 0. The summed E-state index contributed by atoms with van der Waals surface area (Å²) in [5.74, 6) is -0.756. The van der Waals surface area contributed by atoms with Crippen molar-refractivity contribution in [1.29, 1.82) is 0 Å². The van der Waals surface area contributed by atoms with Crippen LogP contribution in [0.4, 0.5) is 0 Å². The summed E-state index contributed by atoms with van der Waals surface area (Å²) in [4.78, 5) is 24.3. The van der Waals surface area contributed by atoms with Gasteiger partial charge in [-0.25, -0.2) is 0 Å². The van der Waals surface area contributed by atoms with Crippen molar-refractivity contribution < 1.29 is 19.1 Å². The van der Waals surface area contributed by atoms with Crippen molar-refractivity contribution in [1.82, 2.24) is 4.90 Å². The third-order valence-electron chi connectivity index (χ3n) is 2.25. The van der Waals surface area contributed by atoms with Crippen molar-refractivity contribution in [3.63, 3.8) is 0 Å². The van der Waals surface area contributed by atoms with Crippen LogP contribution >= 0.6 is 0 Å². The third-order valence-corrected chi connectivity index (χ3v) is 2.25. The van der Waals surface area contributed by atoms with Crippen molar-refractivity contribution in [3.8, 4) is 0 Å². The predicted octanol–water partition coefficient (Wildman–Crippen LogP) is 0.681. The molecule has 0 spiro atoms. The van der Waals surface area contributed by atoms with Crippen molar-refractivity contribution in [2.45, 2.75) is 20.8 Å². The molecule has 0 aliphatic heterocycles. The largest absolute Gasteiger partial charge is 0.468 e. The van der Waals surface area contributed by atoms with Gasteiger partial charge in [0.25, 0.3) is 0 Å². The van der Waals surface area contributed by atoms with E-state index in [1.807, 2.05) is 11.8 Å². The molecule has 0 aliphatic rings. The second-order valence-corrected chi connectivity index (χ2v) is 3.56. The summed E-state index contributed by atoms with van der Waals surface area (Å²) < 4.78 is 9.47. The first-order valence-electron chi connectivity index (χ1n) is 5.50. The molecule has 1 atom stereocenters. The molecule has 0 saturated carbocycles. The smallest absolute Gasteiger partial charge is 0.319 e. The molecule has 0 N–H and O–H groups in total. The zero-order valence-electron chi connectivity index (χ0n) is 10.5. The molecular formula is C11H21NO4. The molecule has 16 heavy (non-hydrogen) atoms. The number of esters is 2. The first-order chi connectivity index (χ1) is 7.54. The maximum Gasteiger partial charge on any atom is 0.319 e. The first kappa shape index (κ1) is 14.9. The quantitative estimate of drug-likeness (QED) is 0.603. The number of hydrogen-bond donors (Lipinski definition) is 0. The number of hydrogen-bond acceptors (Lipinski definition) is 5. The van der Waals surface area contributed by atoms with Gasteiger partial charge in [0.15, 0.2) is 0 Å². The second-order valence-electron chi connectivity index (χ2n) is 3.56. The van der Waals surface area contributed by atoms with E-state index in [9.17, 15) is 9.59 Å². The Bertz CT molecular complexity index is 230. The summed E-state index contributed by atoms with van der Waals surface area (Å²) in [6.07, 6.45) is 0. The molecule has 0 bridgehead atoms. The number of carbonyl (C=O) groups excluding carboxylic acids is 2. The van der Waals surface area contributed by atoms with Crippen LogP contribution < -0.4 is 0 Å². The fourth-order valence-corrected chi connectivity index (χ4v) is 1.30. The Kier molecular flexibility index (Phi) is 7.54. The van der Waals surface area contributed by atoms with Crippen LogP contribution in [0.2, 0.25) is 0 Å². The number of nitrogens with zero attached hydrogens (tertiary/aromatic N) is 1. The Morgan fingerprint density at radius 3 is 2.38 bits per heavy atom.